The summed E-state index contributed by atoms with van der Waals surface area (Å²) in [6.07, 6.45) is 2.51. The van der Waals surface area contributed by atoms with Crippen LogP contribution in [0.2, 0.25) is 0 Å². The van der Waals surface area contributed by atoms with Gasteiger partial charge in [-0.05, 0) is 55.3 Å². The minimum Gasteiger partial charge on any atom is -0.495 e. The average Bonchev–Trinajstić information content (AvgIpc) is 3.31. The van der Waals surface area contributed by atoms with Crippen LogP contribution in [0.5, 0.6) is 5.75 Å². The minimum absolute atomic E-state index is 0.0473. The Morgan fingerprint density at radius 1 is 0.919 bits per heavy atom. The van der Waals surface area contributed by atoms with Crippen molar-refractivity contribution in [2.45, 2.75) is 26.8 Å². The van der Waals surface area contributed by atoms with Gasteiger partial charge >= 0.3 is 0 Å². The number of amides is 1. The van der Waals surface area contributed by atoms with E-state index in [0.29, 0.717) is 24.4 Å². The first-order chi connectivity index (χ1) is 18.0. The van der Waals surface area contributed by atoms with Gasteiger partial charge in [-0.1, -0.05) is 36.8 Å². The smallest absolute Gasteiger partial charge is 0.272 e. The zero-order valence-electron chi connectivity index (χ0n) is 22.1. The van der Waals surface area contributed by atoms with Crippen molar-refractivity contribution in [3.63, 3.8) is 0 Å². The molecule has 7 nitrogen and oxygen atoms in total. The molecule has 5 rings (SSSR count). The molecule has 0 radical (unpaired) electrons. The van der Waals surface area contributed by atoms with E-state index in [-0.39, 0.29) is 5.91 Å². The number of benzene rings is 2. The van der Waals surface area contributed by atoms with E-state index >= 15 is 0 Å². The van der Waals surface area contributed by atoms with Gasteiger partial charge in [-0.15, -0.1) is 0 Å². The van der Waals surface area contributed by atoms with Crippen molar-refractivity contribution in [2.75, 3.05) is 50.1 Å². The molecule has 4 aromatic rings. The molecule has 0 bridgehead atoms. The Labute approximate surface area is 218 Å². The van der Waals surface area contributed by atoms with Crippen LogP contribution in [-0.2, 0) is 13.0 Å². The number of imidazole rings is 1. The third-order valence-electron chi connectivity index (χ3n) is 7.18. The molecule has 2 aromatic heterocycles. The SMILES string of the molecule is CCc1nc2ccc(OC)cn2c1C(=O)N(C)Cc1ccc(N2CCN(c3ccc(C)cc3)CC2)cc1. The Bertz CT molecular complexity index is 1370. The standard InChI is InChI=1S/C30H35N5O2/c1-5-27-29(35-21-26(37-4)14-15-28(35)31-27)30(36)32(3)20-23-8-12-25(13-9-23)34-18-16-33(17-19-34)24-10-6-22(2)7-11-24/h6-15,21H,5,16-20H2,1-4H3. The number of carbonyl (C=O) groups is 1. The summed E-state index contributed by atoms with van der Waals surface area (Å²) in [5.41, 5.74) is 7.06. The zero-order valence-corrected chi connectivity index (χ0v) is 22.1. The van der Waals surface area contributed by atoms with Crippen molar-refractivity contribution in [3.8, 4) is 5.75 Å². The molecule has 1 saturated heterocycles. The lowest BCUT2D eigenvalue weighted by molar-refractivity contribution is 0.0777. The Morgan fingerprint density at radius 2 is 1.51 bits per heavy atom. The van der Waals surface area contributed by atoms with Crippen molar-refractivity contribution in [2.24, 2.45) is 0 Å². The number of hydrogen-bond acceptors (Lipinski definition) is 5. The van der Waals surface area contributed by atoms with Crippen LogP contribution in [0.25, 0.3) is 5.65 Å². The molecule has 0 spiro atoms. The first-order valence-electron chi connectivity index (χ1n) is 12.9. The third kappa shape index (κ3) is 5.12. The molecule has 192 valence electrons. The summed E-state index contributed by atoms with van der Waals surface area (Å²) in [6, 6.07) is 21.1. The van der Waals surface area contributed by atoms with Gasteiger partial charge < -0.3 is 19.4 Å². The molecular weight excluding hydrogens is 462 g/mol. The fourth-order valence-electron chi connectivity index (χ4n) is 4.98. The van der Waals surface area contributed by atoms with Gasteiger partial charge in [0.15, 0.2) is 0 Å². The van der Waals surface area contributed by atoms with E-state index < -0.39 is 0 Å². The lowest BCUT2D eigenvalue weighted by Crippen LogP contribution is -2.46. The Hall–Kier alpha value is -4.00. The first-order valence-corrected chi connectivity index (χ1v) is 12.9. The van der Waals surface area contributed by atoms with Crippen molar-refractivity contribution < 1.29 is 9.53 Å². The van der Waals surface area contributed by atoms with E-state index in [0.717, 1.165) is 43.1 Å². The van der Waals surface area contributed by atoms with Crippen molar-refractivity contribution in [1.82, 2.24) is 14.3 Å². The lowest BCUT2D eigenvalue weighted by atomic mass is 10.1. The van der Waals surface area contributed by atoms with Gasteiger partial charge in [-0.25, -0.2) is 4.98 Å². The van der Waals surface area contributed by atoms with Crippen LogP contribution < -0.4 is 14.5 Å². The summed E-state index contributed by atoms with van der Waals surface area (Å²) in [5.74, 6) is 0.647. The highest BCUT2D eigenvalue weighted by Gasteiger charge is 2.22. The number of rotatable bonds is 7. The zero-order chi connectivity index (χ0) is 25.9. The fraction of sp³-hybridized carbons (Fsp3) is 0.333. The summed E-state index contributed by atoms with van der Waals surface area (Å²) in [7, 11) is 3.47. The molecule has 37 heavy (non-hydrogen) atoms. The number of hydrogen-bond donors (Lipinski definition) is 0. The first kappa shape index (κ1) is 24.7. The molecule has 1 aliphatic rings. The van der Waals surface area contributed by atoms with E-state index in [4.69, 9.17) is 4.74 Å². The molecule has 0 atom stereocenters. The summed E-state index contributed by atoms with van der Waals surface area (Å²) in [4.78, 5) is 24.8. The van der Waals surface area contributed by atoms with Gasteiger partial charge in [0.05, 0.1) is 19.0 Å². The van der Waals surface area contributed by atoms with E-state index in [1.165, 1.54) is 16.9 Å². The maximum absolute atomic E-state index is 13.5. The maximum Gasteiger partial charge on any atom is 0.272 e. The van der Waals surface area contributed by atoms with Crippen LogP contribution in [0.15, 0.2) is 66.9 Å². The van der Waals surface area contributed by atoms with Crippen LogP contribution in [-0.4, -0.2) is 60.5 Å². The normalized spacial score (nSPS) is 13.7. The predicted molar refractivity (Wildman–Crippen MR) is 149 cm³/mol. The third-order valence-corrected chi connectivity index (χ3v) is 7.18. The van der Waals surface area contributed by atoms with Crippen molar-refractivity contribution >= 4 is 22.9 Å². The van der Waals surface area contributed by atoms with E-state index in [1.54, 1.807) is 12.0 Å². The molecule has 0 N–H and O–H groups in total. The van der Waals surface area contributed by atoms with Gasteiger partial charge in [0.2, 0.25) is 0 Å². The van der Waals surface area contributed by atoms with Crippen molar-refractivity contribution in [3.05, 3.63) is 89.4 Å². The summed E-state index contributed by atoms with van der Waals surface area (Å²) in [5, 5.41) is 0. The number of pyridine rings is 1. The van der Waals surface area contributed by atoms with Crippen LogP contribution in [0, 0.1) is 6.92 Å². The summed E-state index contributed by atoms with van der Waals surface area (Å²) in [6.45, 7) is 8.67. The van der Waals surface area contributed by atoms with Gasteiger partial charge in [-0.3, -0.25) is 9.20 Å². The van der Waals surface area contributed by atoms with Crippen LogP contribution >= 0.6 is 0 Å². The monoisotopic (exact) mass is 497 g/mol. The summed E-state index contributed by atoms with van der Waals surface area (Å²) >= 11 is 0. The van der Waals surface area contributed by atoms with Crippen LogP contribution in [0.1, 0.15) is 34.2 Å². The second kappa shape index (κ2) is 10.5. The molecule has 7 heteroatoms. The number of methoxy groups -OCH3 is 1. The number of aryl methyl sites for hydroxylation is 2. The summed E-state index contributed by atoms with van der Waals surface area (Å²) < 4.78 is 7.21. The molecule has 1 aliphatic heterocycles. The molecule has 1 fully saturated rings. The average molecular weight is 498 g/mol. The molecule has 3 heterocycles. The second-order valence-corrected chi connectivity index (χ2v) is 9.70. The molecular formula is C30H35N5O2. The minimum atomic E-state index is -0.0473. The number of anilines is 2. The number of fused-ring (bicyclic) bond motifs is 1. The lowest BCUT2D eigenvalue weighted by Gasteiger charge is -2.37. The Balaban J connectivity index is 1.24. The fourth-order valence-corrected chi connectivity index (χ4v) is 4.98. The maximum atomic E-state index is 13.5. The Morgan fingerprint density at radius 3 is 2.08 bits per heavy atom. The second-order valence-electron chi connectivity index (χ2n) is 9.70. The number of aromatic nitrogens is 2. The molecule has 2 aromatic carbocycles. The molecule has 0 saturated carbocycles. The van der Waals surface area contributed by atoms with Gasteiger partial charge in [0.25, 0.3) is 5.91 Å². The highest BCUT2D eigenvalue weighted by molar-refractivity contribution is 5.94. The topological polar surface area (TPSA) is 53.3 Å². The van der Waals surface area contributed by atoms with E-state index in [2.05, 4.69) is 70.2 Å². The molecule has 0 unspecified atom stereocenters. The number of ether oxygens (including phenoxy) is 1. The molecule has 0 aliphatic carbocycles. The number of piperazine rings is 1. The van der Waals surface area contributed by atoms with E-state index in [1.807, 2.05) is 36.7 Å². The van der Waals surface area contributed by atoms with Crippen molar-refractivity contribution in [1.29, 1.82) is 0 Å². The highest BCUT2D eigenvalue weighted by atomic mass is 16.5. The predicted octanol–water partition coefficient (Wildman–Crippen LogP) is 4.81. The van der Waals surface area contributed by atoms with Gasteiger partial charge in [0, 0.05) is 51.1 Å². The molecule has 1 amide bonds. The van der Waals surface area contributed by atoms with E-state index in [9.17, 15) is 4.79 Å². The van der Waals surface area contributed by atoms with Gasteiger partial charge in [0.1, 0.15) is 17.1 Å². The van der Waals surface area contributed by atoms with Crippen LogP contribution in [0.4, 0.5) is 11.4 Å². The largest absolute Gasteiger partial charge is 0.495 e. The van der Waals surface area contributed by atoms with Gasteiger partial charge in [-0.2, -0.15) is 0 Å². The highest BCUT2D eigenvalue weighted by Crippen LogP contribution is 2.23. The number of carbonyl (C=O) groups excluding carboxylic acids is 1. The number of nitrogens with zero attached hydrogens (tertiary/aromatic N) is 5. The van der Waals surface area contributed by atoms with Crippen LogP contribution in [0.3, 0.4) is 0 Å². The quantitative estimate of drug-likeness (QED) is 0.367. The Kier molecular flexibility index (Phi) is 7.04.